The number of allylic oxidation sites excluding steroid dienone is 1. The van der Waals surface area contributed by atoms with E-state index in [1.165, 1.54) is 6.07 Å². The van der Waals surface area contributed by atoms with Crippen LogP contribution in [0.5, 0.6) is 5.75 Å². The van der Waals surface area contributed by atoms with Gasteiger partial charge in [-0.05, 0) is 46.2 Å². The second-order valence-electron chi connectivity index (χ2n) is 6.89. The first-order chi connectivity index (χ1) is 15.1. The largest absolute Gasteiger partial charge is 0.486 e. The molecule has 0 bridgehead atoms. The Morgan fingerprint density at radius 3 is 2.35 bits per heavy atom. The summed E-state index contributed by atoms with van der Waals surface area (Å²) in [6.07, 6.45) is 1.55. The van der Waals surface area contributed by atoms with E-state index >= 15 is 0 Å². The van der Waals surface area contributed by atoms with E-state index in [4.69, 9.17) is 27.9 Å². The molecule has 0 spiro atoms. The van der Waals surface area contributed by atoms with E-state index in [1.807, 2.05) is 48.5 Å². The molecule has 0 unspecified atom stereocenters. The third-order valence-corrected chi connectivity index (χ3v) is 5.43. The maximum absolute atomic E-state index is 14.1. The lowest BCUT2D eigenvalue weighted by Gasteiger charge is -2.13. The van der Waals surface area contributed by atoms with Crippen LogP contribution in [0.1, 0.15) is 16.7 Å². The molecule has 0 amide bonds. The number of halogens is 3. The molecule has 0 heterocycles. The lowest BCUT2D eigenvalue weighted by Crippen LogP contribution is -1.98. The normalized spacial score (nSPS) is 11.4. The second kappa shape index (κ2) is 9.22. The summed E-state index contributed by atoms with van der Waals surface area (Å²) in [6.45, 7) is 0.300. The van der Waals surface area contributed by atoms with E-state index in [0.29, 0.717) is 28.0 Å². The number of rotatable bonds is 5. The highest BCUT2D eigenvalue weighted by Gasteiger charge is 2.12. The van der Waals surface area contributed by atoms with Gasteiger partial charge in [-0.2, -0.15) is 5.26 Å². The highest BCUT2D eigenvalue weighted by atomic mass is 35.5. The maximum Gasteiger partial charge on any atom is 0.157 e. The summed E-state index contributed by atoms with van der Waals surface area (Å²) >= 11 is 12.9. The quantitative estimate of drug-likeness (QED) is 0.229. The first-order valence-corrected chi connectivity index (χ1v) is 10.3. The van der Waals surface area contributed by atoms with Crippen molar-refractivity contribution in [2.24, 2.45) is 0 Å². The summed E-state index contributed by atoms with van der Waals surface area (Å²) in [5, 5.41) is 12.3. The highest BCUT2D eigenvalue weighted by molar-refractivity contribution is 6.37. The van der Waals surface area contributed by atoms with E-state index in [1.54, 1.807) is 36.4 Å². The van der Waals surface area contributed by atoms with E-state index in [2.05, 4.69) is 0 Å². The van der Waals surface area contributed by atoms with Gasteiger partial charge in [-0.3, -0.25) is 0 Å². The summed E-state index contributed by atoms with van der Waals surface area (Å²) in [7, 11) is 0. The lowest BCUT2D eigenvalue weighted by molar-refractivity contribution is 0.308. The summed E-state index contributed by atoms with van der Waals surface area (Å²) in [4.78, 5) is 0. The van der Waals surface area contributed by atoms with Gasteiger partial charge in [0.05, 0.1) is 21.7 Å². The van der Waals surface area contributed by atoms with E-state index in [9.17, 15) is 9.65 Å². The smallest absolute Gasteiger partial charge is 0.157 e. The standard InChI is InChI=1S/C26H16Cl2FNO/c27-23-13-17(12-20(15-30)22-10-3-4-11-25(22)29)14-24(28)26(23)31-16-19-8-5-7-18-6-1-2-9-21(18)19/h1-14H,16H2/b20-12-. The number of nitriles is 1. The number of fused-ring (bicyclic) bond motifs is 1. The van der Waals surface area contributed by atoms with Crippen LogP contribution in [0.25, 0.3) is 22.4 Å². The molecule has 4 aromatic rings. The third kappa shape index (κ3) is 4.56. The Labute approximate surface area is 189 Å². The SMILES string of the molecule is N#C/C(=C/c1cc(Cl)c(OCc2cccc3ccccc23)c(Cl)c1)c1ccccc1F. The molecular weight excluding hydrogens is 432 g/mol. The van der Waals surface area contributed by atoms with Crippen LogP contribution < -0.4 is 4.74 Å². The first-order valence-electron chi connectivity index (χ1n) is 9.52. The van der Waals surface area contributed by atoms with Gasteiger partial charge in [0.1, 0.15) is 12.4 Å². The molecule has 4 aromatic carbocycles. The van der Waals surface area contributed by atoms with Gasteiger partial charge in [0.2, 0.25) is 0 Å². The lowest BCUT2D eigenvalue weighted by atomic mass is 10.0. The van der Waals surface area contributed by atoms with Crippen LogP contribution in [-0.4, -0.2) is 0 Å². The van der Waals surface area contributed by atoms with Crippen LogP contribution in [0.4, 0.5) is 4.39 Å². The fourth-order valence-electron chi connectivity index (χ4n) is 3.39. The first kappa shape index (κ1) is 20.9. The van der Waals surface area contributed by atoms with Crippen LogP contribution in [-0.2, 0) is 6.61 Å². The Bertz CT molecular complexity index is 1310. The van der Waals surface area contributed by atoms with Crippen molar-refractivity contribution in [3.63, 3.8) is 0 Å². The molecule has 0 aliphatic rings. The molecule has 152 valence electrons. The average molecular weight is 448 g/mol. The average Bonchev–Trinajstić information content (AvgIpc) is 2.77. The van der Waals surface area contributed by atoms with Gasteiger partial charge in [0, 0.05) is 5.56 Å². The Kier molecular flexibility index (Phi) is 6.23. The number of hydrogen-bond donors (Lipinski definition) is 0. The van der Waals surface area contributed by atoms with Crippen molar-refractivity contribution in [2.75, 3.05) is 0 Å². The van der Waals surface area contributed by atoms with Gasteiger partial charge in [0.15, 0.2) is 5.75 Å². The van der Waals surface area contributed by atoms with E-state index in [-0.39, 0.29) is 11.1 Å². The molecule has 0 aliphatic carbocycles. The van der Waals surface area contributed by atoms with Crippen molar-refractivity contribution in [2.45, 2.75) is 6.61 Å². The van der Waals surface area contributed by atoms with Gasteiger partial charge >= 0.3 is 0 Å². The van der Waals surface area contributed by atoms with Gasteiger partial charge in [-0.15, -0.1) is 0 Å². The van der Waals surface area contributed by atoms with Gasteiger partial charge in [-0.25, -0.2) is 4.39 Å². The van der Waals surface area contributed by atoms with Crippen LogP contribution in [0.2, 0.25) is 10.0 Å². The zero-order chi connectivity index (χ0) is 21.8. The Balaban J connectivity index is 1.62. The number of ether oxygens (including phenoxy) is 1. The minimum Gasteiger partial charge on any atom is -0.486 e. The topological polar surface area (TPSA) is 33.0 Å². The molecule has 0 saturated carbocycles. The minimum absolute atomic E-state index is 0.176. The third-order valence-electron chi connectivity index (χ3n) is 4.87. The minimum atomic E-state index is -0.470. The molecule has 0 aromatic heterocycles. The fraction of sp³-hybridized carbons (Fsp3) is 0.0385. The number of benzene rings is 4. The molecule has 0 atom stereocenters. The maximum atomic E-state index is 14.1. The van der Waals surface area contributed by atoms with Crippen molar-refractivity contribution in [3.8, 4) is 11.8 Å². The van der Waals surface area contributed by atoms with Crippen LogP contribution in [0, 0.1) is 17.1 Å². The molecule has 0 fully saturated rings. The van der Waals surface area contributed by atoms with Gasteiger partial charge in [-0.1, -0.05) is 83.9 Å². The second-order valence-corrected chi connectivity index (χ2v) is 7.70. The fourth-order valence-corrected chi connectivity index (χ4v) is 4.00. The van der Waals surface area contributed by atoms with E-state index < -0.39 is 5.82 Å². The van der Waals surface area contributed by atoms with Crippen molar-refractivity contribution in [3.05, 3.63) is 111 Å². The van der Waals surface area contributed by atoms with Crippen LogP contribution in [0.3, 0.4) is 0 Å². The van der Waals surface area contributed by atoms with Crippen molar-refractivity contribution < 1.29 is 9.13 Å². The zero-order valence-corrected chi connectivity index (χ0v) is 17.8. The number of nitrogens with zero attached hydrogens (tertiary/aromatic N) is 1. The predicted octanol–water partition coefficient (Wildman–Crippen LogP) is 7.93. The number of hydrogen-bond acceptors (Lipinski definition) is 2. The molecule has 0 saturated heterocycles. The summed E-state index contributed by atoms with van der Waals surface area (Å²) in [5.41, 5.74) is 1.98. The van der Waals surface area contributed by atoms with Gasteiger partial charge < -0.3 is 4.74 Å². The summed E-state index contributed by atoms with van der Waals surface area (Å²) < 4.78 is 20.0. The molecular formula is C26H16Cl2FNO. The monoisotopic (exact) mass is 447 g/mol. The van der Waals surface area contributed by atoms with Crippen molar-refractivity contribution in [1.29, 1.82) is 5.26 Å². The summed E-state index contributed by atoms with van der Waals surface area (Å²) in [5.74, 6) is -0.111. The molecule has 5 heteroatoms. The molecule has 31 heavy (non-hydrogen) atoms. The zero-order valence-electron chi connectivity index (χ0n) is 16.3. The predicted molar refractivity (Wildman–Crippen MR) is 125 cm³/mol. The highest BCUT2D eigenvalue weighted by Crippen LogP contribution is 2.36. The Hall–Kier alpha value is -3.32. The van der Waals surface area contributed by atoms with Crippen LogP contribution in [0.15, 0.2) is 78.9 Å². The van der Waals surface area contributed by atoms with Crippen LogP contribution >= 0.6 is 23.2 Å². The van der Waals surface area contributed by atoms with E-state index in [0.717, 1.165) is 16.3 Å². The Morgan fingerprint density at radius 2 is 1.61 bits per heavy atom. The molecule has 0 radical (unpaired) electrons. The molecule has 4 rings (SSSR count). The molecule has 0 aliphatic heterocycles. The van der Waals surface area contributed by atoms with Gasteiger partial charge in [0.25, 0.3) is 0 Å². The molecule has 2 nitrogen and oxygen atoms in total. The van der Waals surface area contributed by atoms with Crippen molar-refractivity contribution in [1.82, 2.24) is 0 Å². The summed E-state index contributed by atoms with van der Waals surface area (Å²) in [6, 6.07) is 25.5. The Morgan fingerprint density at radius 1 is 0.935 bits per heavy atom. The molecule has 0 N–H and O–H groups in total. The van der Waals surface area contributed by atoms with Crippen molar-refractivity contribution >= 4 is 45.6 Å².